The molecular weight excluding hydrogens is 283 g/mol. The first-order chi connectivity index (χ1) is 10.3. The molecule has 0 spiro atoms. The lowest BCUT2D eigenvalue weighted by molar-refractivity contribution is -0.142. The van der Waals surface area contributed by atoms with Crippen molar-refractivity contribution >= 4 is 17.5 Å². The fraction of sp³-hybridized carbons (Fsp3) is 0.529. The van der Waals surface area contributed by atoms with Gasteiger partial charge in [-0.25, -0.2) is 4.39 Å². The maximum Gasteiger partial charge on any atom is 0.229 e. The third kappa shape index (κ3) is 4.06. The lowest BCUT2D eigenvalue weighted by Crippen LogP contribution is -2.47. The fourth-order valence-corrected chi connectivity index (χ4v) is 2.66. The molecular formula is C17H23FN2O2. The van der Waals surface area contributed by atoms with Crippen LogP contribution in [0, 0.1) is 17.2 Å². The maximum atomic E-state index is 13.2. The van der Waals surface area contributed by atoms with E-state index in [1.165, 1.54) is 12.1 Å². The van der Waals surface area contributed by atoms with Crippen LogP contribution in [-0.2, 0) is 9.59 Å². The van der Waals surface area contributed by atoms with Crippen molar-refractivity contribution in [3.8, 4) is 0 Å². The zero-order valence-corrected chi connectivity index (χ0v) is 13.4. The minimum absolute atomic E-state index is 0.0655. The third-order valence-electron chi connectivity index (χ3n) is 3.81. The Morgan fingerprint density at radius 3 is 2.68 bits per heavy atom. The van der Waals surface area contributed by atoms with Gasteiger partial charge in [-0.15, -0.1) is 0 Å². The van der Waals surface area contributed by atoms with Crippen molar-refractivity contribution in [2.45, 2.75) is 33.6 Å². The van der Waals surface area contributed by atoms with E-state index in [9.17, 15) is 14.0 Å². The van der Waals surface area contributed by atoms with Crippen molar-refractivity contribution in [3.63, 3.8) is 0 Å². The number of piperidine rings is 1. The molecule has 1 saturated heterocycles. The predicted molar refractivity (Wildman–Crippen MR) is 83.8 cm³/mol. The van der Waals surface area contributed by atoms with Gasteiger partial charge in [0.15, 0.2) is 0 Å². The molecule has 0 unspecified atom stereocenters. The molecule has 1 aromatic carbocycles. The summed E-state index contributed by atoms with van der Waals surface area (Å²) < 4.78 is 13.2. The second-order valence-corrected chi connectivity index (χ2v) is 6.84. The van der Waals surface area contributed by atoms with Crippen molar-refractivity contribution in [1.82, 2.24) is 4.90 Å². The first-order valence-electron chi connectivity index (χ1n) is 7.63. The largest absolute Gasteiger partial charge is 0.341 e. The first kappa shape index (κ1) is 16.5. The van der Waals surface area contributed by atoms with Gasteiger partial charge in [0, 0.05) is 24.2 Å². The molecule has 0 radical (unpaired) electrons. The molecule has 0 aromatic heterocycles. The molecule has 0 aliphatic carbocycles. The number of benzene rings is 1. The van der Waals surface area contributed by atoms with Crippen LogP contribution in [0.3, 0.4) is 0 Å². The van der Waals surface area contributed by atoms with Crippen LogP contribution < -0.4 is 5.32 Å². The number of carbonyl (C=O) groups excluding carboxylic acids is 2. The summed E-state index contributed by atoms with van der Waals surface area (Å²) in [6, 6.07) is 5.84. The molecule has 1 atom stereocenters. The van der Waals surface area contributed by atoms with Crippen molar-refractivity contribution in [2.24, 2.45) is 11.3 Å². The number of halogens is 1. The Balaban J connectivity index is 2.00. The van der Waals surface area contributed by atoms with Gasteiger partial charge in [-0.1, -0.05) is 26.8 Å². The van der Waals surface area contributed by atoms with Crippen LogP contribution in [0.2, 0.25) is 0 Å². The van der Waals surface area contributed by atoms with Gasteiger partial charge >= 0.3 is 0 Å². The van der Waals surface area contributed by atoms with Crippen LogP contribution in [0.15, 0.2) is 24.3 Å². The molecule has 5 heteroatoms. The molecule has 1 fully saturated rings. The molecule has 2 amide bonds. The van der Waals surface area contributed by atoms with Crippen molar-refractivity contribution in [2.75, 3.05) is 18.4 Å². The Labute approximate surface area is 130 Å². The molecule has 1 aliphatic heterocycles. The number of likely N-dealkylation sites (tertiary alicyclic amines) is 1. The number of amides is 2. The summed E-state index contributed by atoms with van der Waals surface area (Å²) in [5.74, 6) is -0.720. The van der Waals surface area contributed by atoms with Crippen molar-refractivity contribution < 1.29 is 14.0 Å². The Morgan fingerprint density at radius 2 is 2.05 bits per heavy atom. The van der Waals surface area contributed by atoms with Gasteiger partial charge in [-0.3, -0.25) is 9.59 Å². The lowest BCUT2D eigenvalue weighted by Gasteiger charge is -2.35. The number of anilines is 1. The van der Waals surface area contributed by atoms with Gasteiger partial charge in [0.1, 0.15) is 5.82 Å². The molecule has 120 valence electrons. The molecule has 1 N–H and O–H groups in total. The Morgan fingerprint density at radius 1 is 1.32 bits per heavy atom. The van der Waals surface area contributed by atoms with Gasteiger partial charge < -0.3 is 10.2 Å². The minimum Gasteiger partial charge on any atom is -0.341 e. The van der Waals surface area contributed by atoms with E-state index < -0.39 is 5.41 Å². The SMILES string of the molecule is CC(C)(C)C(=O)N1CCC[C@H](C(=O)Nc2cccc(F)c2)C1. The number of rotatable bonds is 2. The maximum absolute atomic E-state index is 13.2. The molecule has 4 nitrogen and oxygen atoms in total. The molecule has 2 rings (SSSR count). The highest BCUT2D eigenvalue weighted by atomic mass is 19.1. The normalized spacial score (nSPS) is 18.9. The number of hydrogen-bond acceptors (Lipinski definition) is 2. The third-order valence-corrected chi connectivity index (χ3v) is 3.81. The second-order valence-electron chi connectivity index (χ2n) is 6.84. The molecule has 0 bridgehead atoms. The van der Waals surface area contributed by atoms with Crippen molar-refractivity contribution in [1.29, 1.82) is 0 Å². The second kappa shape index (κ2) is 6.46. The summed E-state index contributed by atoms with van der Waals surface area (Å²) in [4.78, 5) is 26.4. The summed E-state index contributed by atoms with van der Waals surface area (Å²) >= 11 is 0. The number of nitrogens with zero attached hydrogens (tertiary/aromatic N) is 1. The molecule has 1 aliphatic rings. The van der Waals surface area contributed by atoms with Crippen LogP contribution >= 0.6 is 0 Å². The fourth-order valence-electron chi connectivity index (χ4n) is 2.66. The quantitative estimate of drug-likeness (QED) is 0.913. The Bertz CT molecular complexity index is 566. The molecule has 22 heavy (non-hydrogen) atoms. The molecule has 1 aromatic rings. The van der Waals surface area contributed by atoms with Crippen LogP contribution in [0.1, 0.15) is 33.6 Å². The van der Waals surface area contributed by atoms with Gasteiger partial charge in [-0.05, 0) is 31.0 Å². The Kier molecular flexibility index (Phi) is 4.84. The predicted octanol–water partition coefficient (Wildman–Crippen LogP) is 3.05. The van der Waals surface area contributed by atoms with E-state index in [0.717, 1.165) is 12.8 Å². The highest BCUT2D eigenvalue weighted by molar-refractivity contribution is 5.93. The van der Waals surface area contributed by atoms with Gasteiger partial charge in [0.25, 0.3) is 0 Å². The summed E-state index contributed by atoms with van der Waals surface area (Å²) in [5, 5.41) is 2.73. The van der Waals surface area contributed by atoms with Crippen LogP contribution in [0.25, 0.3) is 0 Å². The van der Waals surface area contributed by atoms with Crippen molar-refractivity contribution in [3.05, 3.63) is 30.1 Å². The molecule has 1 heterocycles. The van der Waals surface area contributed by atoms with Gasteiger partial charge in [0.05, 0.1) is 5.92 Å². The zero-order valence-electron chi connectivity index (χ0n) is 13.4. The summed E-state index contributed by atoms with van der Waals surface area (Å²) in [5.41, 5.74) is 0.00487. The van der Waals surface area contributed by atoms with E-state index in [2.05, 4.69) is 5.32 Å². The highest BCUT2D eigenvalue weighted by Gasteiger charge is 2.33. The van der Waals surface area contributed by atoms with E-state index in [1.807, 2.05) is 20.8 Å². The summed E-state index contributed by atoms with van der Waals surface area (Å²) in [7, 11) is 0. The topological polar surface area (TPSA) is 49.4 Å². The van der Waals surface area contributed by atoms with E-state index >= 15 is 0 Å². The van der Waals surface area contributed by atoms with E-state index in [4.69, 9.17) is 0 Å². The zero-order chi connectivity index (χ0) is 16.3. The molecule has 0 saturated carbocycles. The average molecular weight is 306 g/mol. The van der Waals surface area contributed by atoms with E-state index in [-0.39, 0.29) is 23.5 Å². The lowest BCUT2D eigenvalue weighted by atomic mass is 9.91. The summed E-state index contributed by atoms with van der Waals surface area (Å²) in [6.07, 6.45) is 1.55. The summed E-state index contributed by atoms with van der Waals surface area (Å²) in [6.45, 7) is 6.76. The minimum atomic E-state index is -0.444. The number of hydrogen-bond donors (Lipinski definition) is 1. The van der Waals surface area contributed by atoms with E-state index in [1.54, 1.807) is 17.0 Å². The average Bonchev–Trinajstić information content (AvgIpc) is 2.45. The Hall–Kier alpha value is -1.91. The van der Waals surface area contributed by atoms with Gasteiger partial charge in [0.2, 0.25) is 11.8 Å². The van der Waals surface area contributed by atoms with E-state index in [0.29, 0.717) is 18.8 Å². The first-order valence-corrected chi connectivity index (χ1v) is 7.63. The van der Waals surface area contributed by atoms with Crippen LogP contribution in [0.4, 0.5) is 10.1 Å². The van der Waals surface area contributed by atoms with Crippen LogP contribution in [0.5, 0.6) is 0 Å². The van der Waals surface area contributed by atoms with Crippen LogP contribution in [-0.4, -0.2) is 29.8 Å². The number of nitrogens with one attached hydrogen (secondary N) is 1. The highest BCUT2D eigenvalue weighted by Crippen LogP contribution is 2.24. The number of carbonyl (C=O) groups is 2. The van der Waals surface area contributed by atoms with Gasteiger partial charge in [-0.2, -0.15) is 0 Å². The standard InChI is InChI=1S/C17H23FN2O2/c1-17(2,3)16(22)20-9-5-6-12(11-20)15(21)19-14-8-4-7-13(18)10-14/h4,7-8,10,12H,5-6,9,11H2,1-3H3,(H,19,21)/t12-/m0/s1. The monoisotopic (exact) mass is 306 g/mol. The smallest absolute Gasteiger partial charge is 0.229 e.